The Morgan fingerprint density at radius 1 is 1.15 bits per heavy atom. The minimum absolute atomic E-state index is 0.235. The van der Waals surface area contributed by atoms with Gasteiger partial charge in [0.25, 0.3) is 0 Å². The zero-order chi connectivity index (χ0) is 23.8. The van der Waals surface area contributed by atoms with Gasteiger partial charge in [0.05, 0.1) is 30.5 Å². The summed E-state index contributed by atoms with van der Waals surface area (Å²) >= 11 is 1.58. The van der Waals surface area contributed by atoms with Crippen molar-refractivity contribution in [1.29, 1.82) is 0 Å². The summed E-state index contributed by atoms with van der Waals surface area (Å²) in [6.07, 6.45) is 4.95. The van der Waals surface area contributed by atoms with E-state index in [0.29, 0.717) is 24.3 Å². The van der Waals surface area contributed by atoms with Gasteiger partial charge in [-0.2, -0.15) is 0 Å². The molecular weight excluding hydrogens is 438 g/mol. The number of carbonyl (C=O) groups excluding carboxylic acids is 1. The number of carboxylic acid groups (broad SMARTS) is 1. The van der Waals surface area contributed by atoms with Gasteiger partial charge in [0, 0.05) is 18.7 Å². The van der Waals surface area contributed by atoms with Crippen LogP contribution in [0, 0.1) is 0 Å². The Hall–Kier alpha value is -3.26. The van der Waals surface area contributed by atoms with E-state index in [-0.39, 0.29) is 11.5 Å². The molecule has 0 aliphatic carbocycles. The van der Waals surface area contributed by atoms with Crippen molar-refractivity contribution in [2.75, 3.05) is 18.7 Å². The van der Waals surface area contributed by atoms with Gasteiger partial charge in [0.1, 0.15) is 10.9 Å². The smallest absolute Gasteiger partial charge is 0.337 e. The van der Waals surface area contributed by atoms with Crippen molar-refractivity contribution in [3.05, 3.63) is 76.7 Å². The van der Waals surface area contributed by atoms with Crippen LogP contribution in [0.4, 0.5) is 5.69 Å². The standard InChI is InChI=1S/C25H29N3O4S/c1-4-5-10-22-27-23(33-3)21(15-26-20-9-7-6-8-19(20)24(29)30)28(22)16-17-11-13-18(14-12-17)25(31)32-2/h6-9,11-14,26H,4-5,10,15-16H2,1-3H3,(H,29,30). The van der Waals surface area contributed by atoms with E-state index in [4.69, 9.17) is 9.72 Å². The normalized spacial score (nSPS) is 10.8. The van der Waals surface area contributed by atoms with Gasteiger partial charge >= 0.3 is 11.9 Å². The number of anilines is 1. The molecule has 3 aromatic rings. The largest absolute Gasteiger partial charge is 0.478 e. The van der Waals surface area contributed by atoms with E-state index in [0.717, 1.165) is 41.4 Å². The van der Waals surface area contributed by atoms with Crippen LogP contribution < -0.4 is 5.32 Å². The molecule has 0 fully saturated rings. The van der Waals surface area contributed by atoms with E-state index in [9.17, 15) is 14.7 Å². The fourth-order valence-electron chi connectivity index (χ4n) is 3.61. The van der Waals surface area contributed by atoms with Crippen LogP contribution in [0.3, 0.4) is 0 Å². The third-order valence-corrected chi connectivity index (χ3v) is 6.10. The van der Waals surface area contributed by atoms with Gasteiger partial charge in [-0.15, -0.1) is 11.8 Å². The number of methoxy groups -OCH3 is 1. The van der Waals surface area contributed by atoms with Crippen LogP contribution in [0.2, 0.25) is 0 Å². The van der Waals surface area contributed by atoms with Crippen molar-refractivity contribution in [2.24, 2.45) is 0 Å². The molecule has 1 aromatic heterocycles. The van der Waals surface area contributed by atoms with Crippen molar-refractivity contribution >= 4 is 29.4 Å². The average molecular weight is 468 g/mol. The number of esters is 1. The topological polar surface area (TPSA) is 93.5 Å². The number of aryl methyl sites for hydroxylation is 1. The van der Waals surface area contributed by atoms with E-state index in [2.05, 4.69) is 16.8 Å². The lowest BCUT2D eigenvalue weighted by Crippen LogP contribution is -2.14. The zero-order valence-corrected chi connectivity index (χ0v) is 19.9. The lowest BCUT2D eigenvalue weighted by atomic mass is 10.1. The quantitative estimate of drug-likeness (QED) is 0.300. The first-order valence-corrected chi connectivity index (χ1v) is 12.1. The van der Waals surface area contributed by atoms with Crippen LogP contribution in [0.5, 0.6) is 0 Å². The molecule has 7 nitrogen and oxygen atoms in total. The van der Waals surface area contributed by atoms with Crippen LogP contribution >= 0.6 is 11.8 Å². The lowest BCUT2D eigenvalue weighted by Gasteiger charge is -2.15. The number of hydrogen-bond acceptors (Lipinski definition) is 6. The highest BCUT2D eigenvalue weighted by Gasteiger charge is 2.18. The summed E-state index contributed by atoms with van der Waals surface area (Å²) in [5, 5.41) is 13.7. The molecule has 8 heteroatoms. The number of nitrogens with zero attached hydrogens (tertiary/aromatic N) is 2. The summed E-state index contributed by atoms with van der Waals surface area (Å²) in [6.45, 7) is 3.20. The summed E-state index contributed by atoms with van der Waals surface area (Å²) in [4.78, 5) is 28.2. The van der Waals surface area contributed by atoms with E-state index < -0.39 is 5.97 Å². The summed E-state index contributed by atoms with van der Waals surface area (Å²) in [5.41, 5.74) is 3.36. The van der Waals surface area contributed by atoms with Gasteiger partial charge < -0.3 is 19.7 Å². The number of thioether (sulfide) groups is 1. The van der Waals surface area contributed by atoms with Gasteiger partial charge in [-0.3, -0.25) is 0 Å². The molecule has 0 saturated carbocycles. The van der Waals surface area contributed by atoms with E-state index in [1.807, 2.05) is 24.5 Å². The molecule has 2 aromatic carbocycles. The lowest BCUT2D eigenvalue weighted by molar-refractivity contribution is 0.0599. The summed E-state index contributed by atoms with van der Waals surface area (Å²) < 4.78 is 6.99. The summed E-state index contributed by atoms with van der Waals surface area (Å²) in [7, 11) is 1.37. The third kappa shape index (κ3) is 5.96. The van der Waals surface area contributed by atoms with E-state index in [1.165, 1.54) is 7.11 Å². The number of aromatic carboxylic acids is 1. The van der Waals surface area contributed by atoms with Gasteiger partial charge in [-0.1, -0.05) is 37.6 Å². The molecule has 2 N–H and O–H groups in total. The van der Waals surface area contributed by atoms with Gasteiger partial charge in [-0.05, 0) is 42.5 Å². The fraction of sp³-hybridized carbons (Fsp3) is 0.320. The number of hydrogen-bond donors (Lipinski definition) is 2. The summed E-state index contributed by atoms with van der Waals surface area (Å²) in [5.74, 6) is -0.327. The molecule has 0 unspecified atom stereocenters. The Morgan fingerprint density at radius 3 is 2.52 bits per heavy atom. The minimum Gasteiger partial charge on any atom is -0.478 e. The maximum absolute atomic E-state index is 11.8. The molecule has 3 rings (SSSR count). The van der Waals surface area contributed by atoms with Crippen molar-refractivity contribution in [2.45, 2.75) is 44.3 Å². The van der Waals surface area contributed by atoms with Gasteiger partial charge in [0.2, 0.25) is 0 Å². The van der Waals surface area contributed by atoms with Crippen LogP contribution in [0.1, 0.15) is 57.6 Å². The van der Waals surface area contributed by atoms with Crippen LogP contribution in [0.15, 0.2) is 53.6 Å². The van der Waals surface area contributed by atoms with Gasteiger partial charge in [-0.25, -0.2) is 14.6 Å². The number of benzene rings is 2. The number of unbranched alkanes of at least 4 members (excludes halogenated alkanes) is 1. The number of rotatable bonds is 11. The first-order valence-electron chi connectivity index (χ1n) is 10.8. The fourth-order valence-corrected chi connectivity index (χ4v) is 4.22. The van der Waals surface area contributed by atoms with Gasteiger partial charge in [0.15, 0.2) is 0 Å². The van der Waals surface area contributed by atoms with E-state index >= 15 is 0 Å². The van der Waals surface area contributed by atoms with Crippen molar-refractivity contribution in [3.8, 4) is 0 Å². The highest BCUT2D eigenvalue weighted by atomic mass is 32.2. The molecule has 0 amide bonds. The third-order valence-electron chi connectivity index (χ3n) is 5.38. The molecule has 0 spiro atoms. The number of imidazole rings is 1. The highest BCUT2D eigenvalue weighted by Crippen LogP contribution is 2.26. The number of nitrogens with one attached hydrogen (secondary N) is 1. The van der Waals surface area contributed by atoms with Crippen molar-refractivity contribution < 1.29 is 19.4 Å². The maximum atomic E-state index is 11.8. The molecule has 1 heterocycles. The predicted molar refractivity (Wildman–Crippen MR) is 130 cm³/mol. The van der Waals surface area contributed by atoms with Crippen molar-refractivity contribution in [1.82, 2.24) is 9.55 Å². The Labute approximate surface area is 198 Å². The van der Waals surface area contributed by atoms with Crippen molar-refractivity contribution in [3.63, 3.8) is 0 Å². The average Bonchev–Trinajstić information content (AvgIpc) is 3.17. The Bertz CT molecular complexity index is 1110. The number of carboxylic acids is 1. The number of aromatic nitrogens is 2. The molecule has 0 saturated heterocycles. The first kappa shape index (κ1) is 24.4. The van der Waals surface area contributed by atoms with Crippen LogP contribution in [0.25, 0.3) is 0 Å². The minimum atomic E-state index is -0.967. The maximum Gasteiger partial charge on any atom is 0.337 e. The molecule has 0 radical (unpaired) electrons. The molecule has 174 valence electrons. The van der Waals surface area contributed by atoms with Crippen LogP contribution in [-0.2, 0) is 24.2 Å². The number of para-hydroxylation sites is 1. The molecule has 33 heavy (non-hydrogen) atoms. The second-order valence-corrected chi connectivity index (χ2v) is 8.36. The summed E-state index contributed by atoms with van der Waals surface area (Å²) in [6, 6.07) is 14.3. The number of ether oxygens (including phenoxy) is 1. The number of carbonyl (C=O) groups is 2. The second-order valence-electron chi connectivity index (χ2n) is 7.57. The van der Waals surface area contributed by atoms with E-state index in [1.54, 1.807) is 42.1 Å². The highest BCUT2D eigenvalue weighted by molar-refractivity contribution is 7.98. The monoisotopic (exact) mass is 467 g/mol. The first-order chi connectivity index (χ1) is 16.0. The zero-order valence-electron chi connectivity index (χ0n) is 19.1. The molecule has 0 aliphatic rings. The molecule has 0 bridgehead atoms. The molecule has 0 atom stereocenters. The molecular formula is C25H29N3O4S. The predicted octanol–water partition coefficient (Wildman–Crippen LogP) is 5.09. The Kier molecular flexibility index (Phi) is 8.54. The van der Waals surface area contributed by atoms with Crippen LogP contribution in [-0.4, -0.2) is 40.0 Å². The second kappa shape index (κ2) is 11.6. The Morgan fingerprint density at radius 2 is 1.88 bits per heavy atom. The molecule has 0 aliphatic heterocycles. The Balaban J connectivity index is 1.93. The SMILES string of the molecule is CCCCc1nc(SC)c(CNc2ccccc2C(=O)O)n1Cc1ccc(C(=O)OC)cc1.